The number of rotatable bonds is 5. The average molecular weight is 375 g/mol. The molecule has 3 rings (SSSR count). The molecular weight excluding hydrogens is 352 g/mol. The number of nitrogens with zero attached hydrogens (tertiary/aromatic N) is 3. The molecule has 0 radical (unpaired) electrons. The quantitative estimate of drug-likeness (QED) is 0.817. The first kappa shape index (κ1) is 18.6. The second kappa shape index (κ2) is 8.01. The summed E-state index contributed by atoms with van der Waals surface area (Å²) in [7, 11) is 1.80. The van der Waals surface area contributed by atoms with Crippen LogP contribution in [0.2, 0.25) is 5.02 Å². The van der Waals surface area contributed by atoms with Gasteiger partial charge in [0.25, 0.3) is 0 Å². The molecule has 138 valence electrons. The van der Waals surface area contributed by atoms with Gasteiger partial charge in [0.2, 0.25) is 5.91 Å². The van der Waals surface area contributed by atoms with Crippen molar-refractivity contribution in [2.24, 2.45) is 13.0 Å². The van der Waals surface area contributed by atoms with Gasteiger partial charge in [0, 0.05) is 36.3 Å². The van der Waals surface area contributed by atoms with Crippen molar-refractivity contribution in [3.8, 4) is 0 Å². The molecule has 0 bridgehead atoms. The molecular formula is C19H23ClN4O2. The molecule has 0 spiro atoms. The Labute approximate surface area is 158 Å². The van der Waals surface area contributed by atoms with Crippen LogP contribution < -0.4 is 5.32 Å². The number of nitrogens with one attached hydrogen (secondary N) is 1. The van der Waals surface area contributed by atoms with Crippen LogP contribution in [-0.2, 0) is 11.8 Å². The summed E-state index contributed by atoms with van der Waals surface area (Å²) in [6.45, 7) is 3.60. The van der Waals surface area contributed by atoms with E-state index in [9.17, 15) is 9.59 Å². The first-order chi connectivity index (χ1) is 12.4. The van der Waals surface area contributed by atoms with Crippen LogP contribution in [0.15, 0.2) is 30.6 Å². The van der Waals surface area contributed by atoms with E-state index in [-0.39, 0.29) is 24.2 Å². The van der Waals surface area contributed by atoms with E-state index in [4.69, 9.17) is 11.6 Å². The molecule has 1 aliphatic rings. The van der Waals surface area contributed by atoms with E-state index < -0.39 is 0 Å². The van der Waals surface area contributed by atoms with Crippen molar-refractivity contribution in [1.29, 1.82) is 0 Å². The molecule has 0 unspecified atom stereocenters. The van der Waals surface area contributed by atoms with E-state index in [1.54, 1.807) is 36.3 Å². The number of hydrogen-bond donors (Lipinski definition) is 1. The Kier molecular flexibility index (Phi) is 5.74. The third-order valence-electron chi connectivity index (χ3n) is 4.69. The minimum absolute atomic E-state index is 0.0881. The van der Waals surface area contributed by atoms with Crippen LogP contribution in [0, 0.1) is 12.8 Å². The standard InChI is InChI=1S/C19H23ClN4O2/c1-13-8-15(20)5-6-17(13)19(26)14-4-3-7-24(10-14)12-18(25)22-16-9-21-23(2)11-16/h5-6,8-9,11,14H,3-4,7,10,12H2,1-2H3,(H,22,25)/t14-/m0/s1. The van der Waals surface area contributed by atoms with Crippen LogP contribution >= 0.6 is 11.6 Å². The van der Waals surface area contributed by atoms with Crippen molar-refractivity contribution in [2.45, 2.75) is 19.8 Å². The molecule has 1 fully saturated rings. The molecule has 1 saturated heterocycles. The molecule has 2 aromatic rings. The van der Waals surface area contributed by atoms with Gasteiger partial charge >= 0.3 is 0 Å². The van der Waals surface area contributed by atoms with Gasteiger partial charge in [-0.15, -0.1) is 0 Å². The summed E-state index contributed by atoms with van der Waals surface area (Å²) >= 11 is 5.99. The topological polar surface area (TPSA) is 67.2 Å². The van der Waals surface area contributed by atoms with E-state index in [0.717, 1.165) is 30.5 Å². The van der Waals surface area contributed by atoms with Gasteiger partial charge in [-0.1, -0.05) is 11.6 Å². The number of hydrogen-bond acceptors (Lipinski definition) is 4. The van der Waals surface area contributed by atoms with Gasteiger partial charge in [-0.25, -0.2) is 0 Å². The Hall–Kier alpha value is -2.18. The van der Waals surface area contributed by atoms with Crippen LogP contribution in [0.3, 0.4) is 0 Å². The first-order valence-corrected chi connectivity index (χ1v) is 9.11. The Balaban J connectivity index is 1.59. The minimum atomic E-state index is -0.0891. The maximum absolute atomic E-state index is 12.9. The monoisotopic (exact) mass is 374 g/mol. The van der Waals surface area contributed by atoms with Gasteiger partial charge in [0.05, 0.1) is 18.4 Å². The molecule has 1 atom stereocenters. The van der Waals surface area contributed by atoms with E-state index in [1.165, 1.54) is 0 Å². The zero-order valence-corrected chi connectivity index (χ0v) is 15.8. The summed E-state index contributed by atoms with van der Waals surface area (Å²) < 4.78 is 1.64. The third-order valence-corrected chi connectivity index (χ3v) is 4.92. The molecule has 26 heavy (non-hydrogen) atoms. The van der Waals surface area contributed by atoms with Gasteiger partial charge in [-0.2, -0.15) is 5.10 Å². The van der Waals surface area contributed by atoms with Gasteiger partial charge in [0.15, 0.2) is 5.78 Å². The molecule has 1 aromatic heterocycles. The summed E-state index contributed by atoms with van der Waals surface area (Å²) in [5, 5.41) is 7.51. The van der Waals surface area contributed by atoms with Crippen LogP contribution in [0.1, 0.15) is 28.8 Å². The van der Waals surface area contributed by atoms with Crippen molar-refractivity contribution in [3.63, 3.8) is 0 Å². The molecule has 1 aromatic carbocycles. The number of Topliss-reactive ketones (excluding diaryl/α,β-unsaturated/α-hetero) is 1. The number of aromatic nitrogens is 2. The van der Waals surface area contributed by atoms with E-state index >= 15 is 0 Å². The normalized spacial score (nSPS) is 17.9. The van der Waals surface area contributed by atoms with Crippen molar-refractivity contribution in [2.75, 3.05) is 25.0 Å². The van der Waals surface area contributed by atoms with Crippen LogP contribution in [0.25, 0.3) is 0 Å². The van der Waals surface area contributed by atoms with Crippen LogP contribution in [0.5, 0.6) is 0 Å². The molecule has 1 aliphatic heterocycles. The lowest BCUT2D eigenvalue weighted by molar-refractivity contribution is -0.117. The Bertz CT molecular complexity index is 818. The van der Waals surface area contributed by atoms with E-state index in [2.05, 4.69) is 10.4 Å². The number of benzene rings is 1. The fraction of sp³-hybridized carbons (Fsp3) is 0.421. The first-order valence-electron chi connectivity index (χ1n) is 8.73. The molecule has 0 aliphatic carbocycles. The number of aryl methyl sites for hydroxylation is 2. The highest BCUT2D eigenvalue weighted by Crippen LogP contribution is 2.24. The van der Waals surface area contributed by atoms with Gasteiger partial charge < -0.3 is 5.32 Å². The highest BCUT2D eigenvalue weighted by Gasteiger charge is 2.28. The number of carbonyl (C=O) groups is 2. The second-order valence-corrected chi connectivity index (χ2v) is 7.29. The maximum atomic E-state index is 12.9. The van der Waals surface area contributed by atoms with Gasteiger partial charge in [0.1, 0.15) is 0 Å². The largest absolute Gasteiger partial charge is 0.322 e. The van der Waals surface area contributed by atoms with E-state index in [0.29, 0.717) is 17.3 Å². The zero-order valence-electron chi connectivity index (χ0n) is 15.0. The summed E-state index contributed by atoms with van der Waals surface area (Å²) in [5.41, 5.74) is 2.30. The predicted octanol–water partition coefficient (Wildman–Crippen LogP) is 2.92. The van der Waals surface area contributed by atoms with Crippen molar-refractivity contribution < 1.29 is 9.59 Å². The van der Waals surface area contributed by atoms with Crippen molar-refractivity contribution in [1.82, 2.24) is 14.7 Å². The molecule has 1 amide bonds. The fourth-order valence-electron chi connectivity index (χ4n) is 3.43. The zero-order chi connectivity index (χ0) is 18.7. The summed E-state index contributed by atoms with van der Waals surface area (Å²) in [5.74, 6) is -0.0416. The van der Waals surface area contributed by atoms with Crippen molar-refractivity contribution >= 4 is 29.0 Å². The number of piperidine rings is 1. The van der Waals surface area contributed by atoms with Crippen LogP contribution in [-0.4, -0.2) is 46.0 Å². The smallest absolute Gasteiger partial charge is 0.238 e. The van der Waals surface area contributed by atoms with E-state index in [1.807, 2.05) is 17.9 Å². The maximum Gasteiger partial charge on any atom is 0.238 e. The van der Waals surface area contributed by atoms with Crippen LogP contribution in [0.4, 0.5) is 5.69 Å². The lowest BCUT2D eigenvalue weighted by atomic mass is 9.88. The van der Waals surface area contributed by atoms with Crippen molar-refractivity contribution in [3.05, 3.63) is 46.7 Å². The summed E-state index contributed by atoms with van der Waals surface area (Å²) in [6.07, 6.45) is 5.12. The average Bonchev–Trinajstić information content (AvgIpc) is 2.99. The molecule has 7 heteroatoms. The number of likely N-dealkylation sites (tertiary alicyclic amines) is 1. The Morgan fingerprint density at radius 2 is 2.19 bits per heavy atom. The Morgan fingerprint density at radius 1 is 1.38 bits per heavy atom. The number of anilines is 1. The van der Waals surface area contributed by atoms with Gasteiger partial charge in [-0.3, -0.25) is 19.2 Å². The minimum Gasteiger partial charge on any atom is -0.322 e. The summed E-state index contributed by atoms with van der Waals surface area (Å²) in [6, 6.07) is 5.37. The fourth-order valence-corrected chi connectivity index (χ4v) is 3.65. The molecule has 6 nitrogen and oxygen atoms in total. The number of halogens is 1. The molecule has 2 heterocycles. The third kappa shape index (κ3) is 4.51. The second-order valence-electron chi connectivity index (χ2n) is 6.85. The molecule has 1 N–H and O–H groups in total. The lowest BCUT2D eigenvalue weighted by Gasteiger charge is -2.31. The Morgan fingerprint density at radius 3 is 2.88 bits per heavy atom. The number of amides is 1. The number of carbonyl (C=O) groups excluding carboxylic acids is 2. The SMILES string of the molecule is Cc1cc(Cl)ccc1C(=O)[C@H]1CCCN(CC(=O)Nc2cnn(C)c2)C1. The number of ketones is 1. The summed E-state index contributed by atoms with van der Waals surface area (Å²) in [4.78, 5) is 27.2. The van der Waals surface area contributed by atoms with Gasteiger partial charge in [-0.05, 0) is 50.1 Å². The highest BCUT2D eigenvalue weighted by atomic mass is 35.5. The highest BCUT2D eigenvalue weighted by molar-refractivity contribution is 6.30. The predicted molar refractivity (Wildman–Crippen MR) is 102 cm³/mol. The lowest BCUT2D eigenvalue weighted by Crippen LogP contribution is -2.42. The molecule has 0 saturated carbocycles.